The molecule has 0 atom stereocenters. The monoisotopic (exact) mass is 297 g/mol. The van der Waals surface area contributed by atoms with Gasteiger partial charge in [0.25, 0.3) is 0 Å². The Balaban J connectivity index is 2.36. The molecule has 0 aliphatic heterocycles. The molecule has 4 nitrogen and oxygen atoms in total. The second kappa shape index (κ2) is 7.20. The van der Waals surface area contributed by atoms with Crippen molar-refractivity contribution in [1.82, 2.24) is 5.32 Å². The van der Waals surface area contributed by atoms with Crippen LogP contribution in [0.3, 0.4) is 0 Å². The third-order valence-electron chi connectivity index (χ3n) is 2.27. The Bertz CT molecular complexity index is 492. The minimum atomic E-state index is -0.494. The van der Waals surface area contributed by atoms with Crippen LogP contribution in [0.15, 0.2) is 24.3 Å². The summed E-state index contributed by atoms with van der Waals surface area (Å²) in [6.07, 6.45) is 3.81. The van der Waals surface area contributed by atoms with E-state index in [9.17, 15) is 9.90 Å². The van der Waals surface area contributed by atoms with Crippen molar-refractivity contribution < 1.29 is 14.6 Å². The Hall–Kier alpha value is -1.68. The molecule has 0 bridgehead atoms. The summed E-state index contributed by atoms with van der Waals surface area (Å²) in [5.41, 5.74) is 0.154. The van der Waals surface area contributed by atoms with Crippen LogP contribution in [-0.2, 0) is 4.74 Å². The van der Waals surface area contributed by atoms with Crippen LogP contribution >= 0.6 is 11.6 Å². The third kappa shape index (κ3) is 6.48. The van der Waals surface area contributed by atoms with E-state index in [1.54, 1.807) is 24.3 Å². The first-order chi connectivity index (χ1) is 9.28. The highest BCUT2D eigenvalue weighted by Crippen LogP contribution is 2.22. The fourth-order valence-electron chi connectivity index (χ4n) is 1.44. The largest absolute Gasteiger partial charge is 0.507 e. The number of ether oxygens (including phenoxy) is 1. The zero-order valence-corrected chi connectivity index (χ0v) is 12.7. The Labute approximate surface area is 124 Å². The summed E-state index contributed by atoms with van der Waals surface area (Å²) in [4.78, 5) is 11.4. The van der Waals surface area contributed by atoms with Gasteiger partial charge in [-0.25, -0.2) is 4.79 Å². The van der Waals surface area contributed by atoms with Crippen LogP contribution in [0, 0.1) is 0 Å². The summed E-state index contributed by atoms with van der Waals surface area (Å²) in [5, 5.41) is 12.8. The highest BCUT2D eigenvalue weighted by atomic mass is 35.5. The quantitative estimate of drug-likeness (QED) is 0.827. The van der Waals surface area contributed by atoms with E-state index in [0.29, 0.717) is 23.6 Å². The number of phenolic OH excluding ortho intramolecular Hbond substituents is 1. The molecule has 0 aliphatic carbocycles. The number of rotatable bonds is 4. The number of amides is 1. The first-order valence-corrected chi connectivity index (χ1v) is 6.77. The average Bonchev–Trinajstić information content (AvgIpc) is 2.30. The first-order valence-electron chi connectivity index (χ1n) is 6.40. The molecule has 2 N–H and O–H groups in total. The second-order valence-corrected chi connectivity index (χ2v) is 5.76. The Kier molecular flexibility index (Phi) is 5.89. The number of halogens is 1. The van der Waals surface area contributed by atoms with Gasteiger partial charge in [0, 0.05) is 17.1 Å². The van der Waals surface area contributed by atoms with E-state index < -0.39 is 11.7 Å². The van der Waals surface area contributed by atoms with E-state index >= 15 is 0 Å². The number of carbonyl (C=O) groups is 1. The summed E-state index contributed by atoms with van der Waals surface area (Å²) in [6.45, 7) is 5.91. The fourth-order valence-corrected chi connectivity index (χ4v) is 1.62. The minimum Gasteiger partial charge on any atom is -0.507 e. The lowest BCUT2D eigenvalue weighted by atomic mass is 10.2. The van der Waals surface area contributed by atoms with Crippen molar-refractivity contribution in [2.45, 2.75) is 32.8 Å². The Morgan fingerprint density at radius 3 is 2.80 bits per heavy atom. The molecule has 0 heterocycles. The Morgan fingerprint density at radius 2 is 2.15 bits per heavy atom. The van der Waals surface area contributed by atoms with E-state index in [1.807, 2.05) is 26.8 Å². The van der Waals surface area contributed by atoms with Gasteiger partial charge in [-0.3, -0.25) is 0 Å². The zero-order chi connectivity index (χ0) is 15.2. The predicted molar refractivity (Wildman–Crippen MR) is 81.0 cm³/mol. The van der Waals surface area contributed by atoms with E-state index in [1.165, 1.54) is 0 Å². The maximum atomic E-state index is 11.4. The van der Waals surface area contributed by atoms with Gasteiger partial charge in [-0.05, 0) is 45.4 Å². The van der Waals surface area contributed by atoms with E-state index in [-0.39, 0.29) is 5.75 Å². The number of hydrogen-bond acceptors (Lipinski definition) is 3. The van der Waals surface area contributed by atoms with Gasteiger partial charge in [-0.15, -0.1) is 0 Å². The molecule has 0 saturated heterocycles. The van der Waals surface area contributed by atoms with Gasteiger partial charge >= 0.3 is 6.09 Å². The van der Waals surface area contributed by atoms with Crippen molar-refractivity contribution in [2.75, 3.05) is 6.54 Å². The number of benzene rings is 1. The number of carbonyl (C=O) groups excluding carboxylic acids is 1. The number of alkyl carbamates (subject to hydrolysis) is 1. The molecule has 0 spiro atoms. The van der Waals surface area contributed by atoms with Crippen LogP contribution in [-0.4, -0.2) is 23.3 Å². The van der Waals surface area contributed by atoms with Gasteiger partial charge in [-0.1, -0.05) is 23.8 Å². The number of phenols is 1. The molecule has 0 aliphatic rings. The summed E-state index contributed by atoms with van der Waals surface area (Å²) in [6, 6.07) is 4.84. The third-order valence-corrected chi connectivity index (χ3v) is 2.50. The van der Waals surface area contributed by atoms with Crippen molar-refractivity contribution >= 4 is 23.8 Å². The molecule has 20 heavy (non-hydrogen) atoms. The molecule has 0 aromatic heterocycles. The number of nitrogens with one attached hydrogen (secondary N) is 1. The van der Waals surface area contributed by atoms with Crippen LogP contribution in [0.25, 0.3) is 6.08 Å². The Morgan fingerprint density at radius 1 is 1.45 bits per heavy atom. The molecular formula is C15H20ClNO3. The highest BCUT2D eigenvalue weighted by molar-refractivity contribution is 6.30. The lowest BCUT2D eigenvalue weighted by Crippen LogP contribution is -2.32. The summed E-state index contributed by atoms with van der Waals surface area (Å²) < 4.78 is 5.11. The molecule has 0 radical (unpaired) electrons. The topological polar surface area (TPSA) is 58.6 Å². The van der Waals surface area contributed by atoms with Crippen LogP contribution in [0.2, 0.25) is 5.02 Å². The maximum absolute atomic E-state index is 11.4. The lowest BCUT2D eigenvalue weighted by Gasteiger charge is -2.19. The fraction of sp³-hybridized carbons (Fsp3) is 0.400. The maximum Gasteiger partial charge on any atom is 0.407 e. The number of aromatic hydroxyl groups is 1. The van der Waals surface area contributed by atoms with E-state index in [2.05, 4.69) is 5.32 Å². The van der Waals surface area contributed by atoms with Crippen molar-refractivity contribution in [2.24, 2.45) is 0 Å². The summed E-state index contributed by atoms with van der Waals surface area (Å²) in [5.74, 6) is 0.172. The van der Waals surface area contributed by atoms with Crippen molar-refractivity contribution in [3.8, 4) is 5.75 Å². The van der Waals surface area contributed by atoms with Crippen molar-refractivity contribution in [3.05, 3.63) is 34.9 Å². The molecule has 1 aromatic rings. The van der Waals surface area contributed by atoms with Crippen molar-refractivity contribution in [1.29, 1.82) is 0 Å². The number of hydrogen-bond donors (Lipinski definition) is 2. The van der Waals surface area contributed by atoms with Crippen LogP contribution in [0.1, 0.15) is 32.8 Å². The van der Waals surface area contributed by atoms with Gasteiger partial charge in [0.1, 0.15) is 11.4 Å². The lowest BCUT2D eigenvalue weighted by molar-refractivity contribution is 0.0529. The molecule has 5 heteroatoms. The molecule has 0 saturated carbocycles. The summed E-state index contributed by atoms with van der Waals surface area (Å²) >= 11 is 5.84. The molecule has 0 fully saturated rings. The summed E-state index contributed by atoms with van der Waals surface area (Å²) in [7, 11) is 0. The first kappa shape index (κ1) is 16.4. The minimum absolute atomic E-state index is 0.172. The van der Waals surface area contributed by atoms with Gasteiger partial charge < -0.3 is 15.2 Å². The molecule has 110 valence electrons. The van der Waals surface area contributed by atoms with E-state index in [4.69, 9.17) is 16.3 Å². The molecule has 0 unspecified atom stereocenters. The average molecular weight is 298 g/mol. The molecule has 1 amide bonds. The highest BCUT2D eigenvalue weighted by Gasteiger charge is 2.15. The van der Waals surface area contributed by atoms with Crippen molar-refractivity contribution in [3.63, 3.8) is 0 Å². The molecular weight excluding hydrogens is 278 g/mol. The predicted octanol–water partition coefficient (Wildman–Crippen LogP) is 3.97. The smallest absolute Gasteiger partial charge is 0.407 e. The standard InChI is InChI=1S/C15H20ClNO3/c1-15(2,3)20-14(19)17-9-5-4-6-11-10-12(16)7-8-13(11)18/h4,6-8,10,18H,5,9H2,1-3H3,(H,17,19). The molecule has 1 aromatic carbocycles. The van der Waals surface area contributed by atoms with Gasteiger partial charge in [0.2, 0.25) is 0 Å². The van der Waals surface area contributed by atoms with Crippen LogP contribution in [0.4, 0.5) is 4.79 Å². The van der Waals surface area contributed by atoms with Gasteiger partial charge in [-0.2, -0.15) is 0 Å². The van der Waals surface area contributed by atoms with Gasteiger partial charge in [0.15, 0.2) is 0 Å². The zero-order valence-electron chi connectivity index (χ0n) is 11.9. The SMILES string of the molecule is CC(C)(C)OC(=O)NCCC=Cc1cc(Cl)ccc1O. The normalized spacial score (nSPS) is 11.6. The van der Waals surface area contributed by atoms with Gasteiger partial charge in [0.05, 0.1) is 0 Å². The second-order valence-electron chi connectivity index (χ2n) is 5.32. The van der Waals surface area contributed by atoms with Crippen LogP contribution < -0.4 is 5.32 Å². The van der Waals surface area contributed by atoms with E-state index in [0.717, 1.165) is 0 Å². The van der Waals surface area contributed by atoms with Crippen LogP contribution in [0.5, 0.6) is 5.75 Å². The molecule has 1 rings (SSSR count).